The lowest BCUT2D eigenvalue weighted by Crippen LogP contribution is -2.43. The van der Waals surface area contributed by atoms with Crippen molar-refractivity contribution in [2.24, 2.45) is 0 Å². The molecule has 0 aromatic rings. The Bertz CT molecular complexity index is 284. The number of carbonyl (C=O) groups is 2. The Balaban J connectivity index is 2.12. The summed E-state index contributed by atoms with van der Waals surface area (Å²) in [6, 6.07) is 0.0401. The molecule has 15 heavy (non-hydrogen) atoms. The van der Waals surface area contributed by atoms with E-state index in [1.165, 1.54) is 4.90 Å². The molecule has 3 amide bonds. The Morgan fingerprint density at radius 3 is 2.60 bits per heavy atom. The van der Waals surface area contributed by atoms with Crippen LogP contribution in [-0.4, -0.2) is 53.5 Å². The van der Waals surface area contributed by atoms with Crippen LogP contribution in [0.2, 0.25) is 0 Å². The van der Waals surface area contributed by atoms with E-state index in [0.717, 1.165) is 19.5 Å². The number of amides is 3. The van der Waals surface area contributed by atoms with Gasteiger partial charge in [-0.2, -0.15) is 0 Å². The number of hydrogen-bond donors (Lipinski definition) is 1. The molecule has 0 spiro atoms. The summed E-state index contributed by atoms with van der Waals surface area (Å²) in [6.07, 6.45) is 0.878. The lowest BCUT2D eigenvalue weighted by molar-refractivity contribution is -0.126. The highest BCUT2D eigenvalue weighted by molar-refractivity contribution is 6.02. The molecule has 2 aliphatic rings. The van der Waals surface area contributed by atoms with Crippen LogP contribution in [-0.2, 0) is 4.79 Å². The van der Waals surface area contributed by atoms with Crippen LogP contribution in [0.25, 0.3) is 0 Å². The maximum absolute atomic E-state index is 11.9. The number of rotatable bonds is 2. The fourth-order valence-corrected chi connectivity index (χ4v) is 2.16. The van der Waals surface area contributed by atoms with Crippen LogP contribution in [0.15, 0.2) is 0 Å². The third kappa shape index (κ3) is 1.71. The van der Waals surface area contributed by atoms with Crippen molar-refractivity contribution in [1.82, 2.24) is 15.1 Å². The highest BCUT2D eigenvalue weighted by atomic mass is 16.2. The van der Waals surface area contributed by atoms with Gasteiger partial charge in [-0.05, 0) is 26.8 Å². The topological polar surface area (TPSA) is 52.7 Å². The highest BCUT2D eigenvalue weighted by Crippen LogP contribution is 2.19. The van der Waals surface area contributed by atoms with Crippen LogP contribution < -0.4 is 5.32 Å². The normalized spacial score (nSPS) is 27.3. The SMILES string of the molecule is CC(C)N1CC(=O)N(C2CCNC2)C1=O. The molecule has 2 saturated heterocycles. The number of urea groups is 1. The van der Waals surface area contributed by atoms with Crippen LogP contribution in [0.4, 0.5) is 4.79 Å². The lowest BCUT2D eigenvalue weighted by Gasteiger charge is -2.23. The second kappa shape index (κ2) is 3.81. The van der Waals surface area contributed by atoms with Crippen molar-refractivity contribution < 1.29 is 9.59 Å². The van der Waals surface area contributed by atoms with Crippen molar-refractivity contribution >= 4 is 11.9 Å². The average Bonchev–Trinajstić information content (AvgIpc) is 2.73. The number of imide groups is 1. The summed E-state index contributed by atoms with van der Waals surface area (Å²) in [5.41, 5.74) is 0. The minimum atomic E-state index is -0.122. The van der Waals surface area contributed by atoms with Gasteiger partial charge in [0.1, 0.15) is 6.54 Å². The third-order valence-electron chi connectivity index (χ3n) is 3.05. The van der Waals surface area contributed by atoms with Crippen LogP contribution in [0.5, 0.6) is 0 Å². The van der Waals surface area contributed by atoms with Crippen molar-refractivity contribution in [3.63, 3.8) is 0 Å². The van der Waals surface area contributed by atoms with Gasteiger partial charge in [0.25, 0.3) is 5.91 Å². The molecule has 84 valence electrons. The average molecular weight is 211 g/mol. The molecule has 0 aliphatic carbocycles. The zero-order valence-corrected chi connectivity index (χ0v) is 9.19. The Labute approximate surface area is 89.4 Å². The lowest BCUT2D eigenvalue weighted by atomic mass is 10.2. The molecule has 0 aromatic heterocycles. The van der Waals surface area contributed by atoms with Crippen LogP contribution in [0, 0.1) is 0 Å². The van der Waals surface area contributed by atoms with Crippen molar-refractivity contribution in [3.8, 4) is 0 Å². The van der Waals surface area contributed by atoms with E-state index in [-0.39, 0.29) is 30.6 Å². The number of carbonyl (C=O) groups excluding carboxylic acids is 2. The molecule has 2 aliphatic heterocycles. The van der Waals surface area contributed by atoms with E-state index >= 15 is 0 Å². The standard InChI is InChI=1S/C10H17N3O2/c1-7(2)12-6-9(14)13(10(12)15)8-3-4-11-5-8/h7-8,11H,3-6H2,1-2H3. The Hall–Kier alpha value is -1.10. The first-order valence-corrected chi connectivity index (χ1v) is 5.44. The van der Waals surface area contributed by atoms with E-state index in [0.29, 0.717) is 0 Å². The number of nitrogens with one attached hydrogen (secondary N) is 1. The Kier molecular flexibility index (Phi) is 2.65. The molecule has 5 heteroatoms. The van der Waals surface area contributed by atoms with Gasteiger partial charge in [-0.1, -0.05) is 0 Å². The molecule has 0 bridgehead atoms. The summed E-state index contributed by atoms with van der Waals surface area (Å²) in [4.78, 5) is 26.7. The summed E-state index contributed by atoms with van der Waals surface area (Å²) in [5, 5.41) is 3.17. The fourth-order valence-electron chi connectivity index (χ4n) is 2.16. The van der Waals surface area contributed by atoms with Gasteiger partial charge in [0.2, 0.25) is 0 Å². The minimum absolute atomic E-state index is 0.0533. The van der Waals surface area contributed by atoms with E-state index in [9.17, 15) is 9.59 Å². The predicted molar refractivity (Wildman–Crippen MR) is 55.4 cm³/mol. The number of hydrogen-bond acceptors (Lipinski definition) is 3. The van der Waals surface area contributed by atoms with Gasteiger partial charge < -0.3 is 10.2 Å². The third-order valence-corrected chi connectivity index (χ3v) is 3.05. The second-order valence-electron chi connectivity index (χ2n) is 4.41. The zero-order valence-electron chi connectivity index (χ0n) is 9.19. The first-order chi connectivity index (χ1) is 7.11. The molecule has 1 atom stereocenters. The van der Waals surface area contributed by atoms with Crippen LogP contribution >= 0.6 is 0 Å². The molecular formula is C10H17N3O2. The largest absolute Gasteiger partial charge is 0.327 e. The second-order valence-corrected chi connectivity index (χ2v) is 4.41. The molecule has 0 saturated carbocycles. The van der Waals surface area contributed by atoms with Crippen molar-refractivity contribution in [2.45, 2.75) is 32.4 Å². The van der Waals surface area contributed by atoms with Crippen LogP contribution in [0.1, 0.15) is 20.3 Å². The zero-order chi connectivity index (χ0) is 11.0. The quantitative estimate of drug-likeness (QED) is 0.655. The van der Waals surface area contributed by atoms with Gasteiger partial charge in [0.15, 0.2) is 0 Å². The highest BCUT2D eigenvalue weighted by Gasteiger charge is 2.41. The summed E-state index contributed by atoms with van der Waals surface area (Å²) < 4.78 is 0. The molecule has 2 fully saturated rings. The van der Waals surface area contributed by atoms with Gasteiger partial charge in [-0.15, -0.1) is 0 Å². The predicted octanol–water partition coefficient (Wildman–Crippen LogP) is 0.0209. The molecule has 0 radical (unpaired) electrons. The summed E-state index contributed by atoms with van der Waals surface area (Å²) in [5.74, 6) is -0.0533. The van der Waals surface area contributed by atoms with Crippen molar-refractivity contribution in [1.29, 1.82) is 0 Å². The molecular weight excluding hydrogens is 194 g/mol. The molecule has 1 N–H and O–H groups in total. The first kappa shape index (κ1) is 10.4. The molecule has 1 unspecified atom stereocenters. The maximum atomic E-state index is 11.9. The molecule has 2 rings (SSSR count). The van der Waals surface area contributed by atoms with E-state index in [2.05, 4.69) is 5.32 Å². The van der Waals surface area contributed by atoms with Gasteiger partial charge in [0.05, 0.1) is 6.04 Å². The maximum Gasteiger partial charge on any atom is 0.327 e. The van der Waals surface area contributed by atoms with Crippen LogP contribution in [0.3, 0.4) is 0 Å². The van der Waals surface area contributed by atoms with E-state index in [4.69, 9.17) is 0 Å². The minimum Gasteiger partial charge on any atom is -0.315 e. The van der Waals surface area contributed by atoms with Gasteiger partial charge >= 0.3 is 6.03 Å². The molecule has 2 heterocycles. The van der Waals surface area contributed by atoms with Gasteiger partial charge in [-0.3, -0.25) is 9.69 Å². The number of nitrogens with zero attached hydrogens (tertiary/aromatic N) is 2. The smallest absolute Gasteiger partial charge is 0.315 e. The fraction of sp³-hybridized carbons (Fsp3) is 0.800. The van der Waals surface area contributed by atoms with E-state index in [1.54, 1.807) is 4.90 Å². The van der Waals surface area contributed by atoms with Crippen molar-refractivity contribution in [3.05, 3.63) is 0 Å². The first-order valence-electron chi connectivity index (χ1n) is 5.44. The summed E-state index contributed by atoms with van der Waals surface area (Å²) in [6.45, 7) is 5.74. The van der Waals surface area contributed by atoms with Gasteiger partial charge in [0, 0.05) is 12.6 Å². The van der Waals surface area contributed by atoms with E-state index < -0.39 is 0 Å². The molecule has 0 aromatic carbocycles. The van der Waals surface area contributed by atoms with E-state index in [1.807, 2.05) is 13.8 Å². The Morgan fingerprint density at radius 2 is 2.13 bits per heavy atom. The van der Waals surface area contributed by atoms with Gasteiger partial charge in [-0.25, -0.2) is 4.79 Å². The van der Waals surface area contributed by atoms with Crippen molar-refractivity contribution in [2.75, 3.05) is 19.6 Å². The molecule has 5 nitrogen and oxygen atoms in total. The summed E-state index contributed by atoms with van der Waals surface area (Å²) >= 11 is 0. The monoisotopic (exact) mass is 211 g/mol. The summed E-state index contributed by atoms with van der Waals surface area (Å²) in [7, 11) is 0. The Morgan fingerprint density at radius 1 is 1.40 bits per heavy atom.